The molecule has 0 aliphatic rings. The van der Waals surface area contributed by atoms with Gasteiger partial charge in [-0.2, -0.15) is 0 Å². The van der Waals surface area contributed by atoms with Gasteiger partial charge in [0.15, 0.2) is 10.8 Å². The average molecular weight is 398 g/mol. The molecule has 2 aromatic carbocycles. The first-order valence-corrected chi connectivity index (χ1v) is 9.52. The number of rotatable bonds is 5. The van der Waals surface area contributed by atoms with Crippen molar-refractivity contribution < 1.29 is 4.79 Å². The number of nitrogens with one attached hydrogen (secondary N) is 3. The van der Waals surface area contributed by atoms with E-state index in [1.807, 2.05) is 30.3 Å². The molecule has 0 saturated heterocycles. The summed E-state index contributed by atoms with van der Waals surface area (Å²) in [5.74, 6) is -0.286. The Labute approximate surface area is 167 Å². The van der Waals surface area contributed by atoms with Crippen LogP contribution >= 0.6 is 23.8 Å². The summed E-state index contributed by atoms with van der Waals surface area (Å²) in [6.07, 6.45) is 0. The van der Waals surface area contributed by atoms with E-state index in [-0.39, 0.29) is 11.4 Å². The number of hydrogen-bond acceptors (Lipinski definition) is 5. The van der Waals surface area contributed by atoms with Crippen LogP contribution in [0.4, 0.5) is 11.4 Å². The maximum absolute atomic E-state index is 12.0. The minimum absolute atomic E-state index is 0.286. The smallest absolute Gasteiger partial charge is 0.277 e. The maximum atomic E-state index is 12.0. The number of thiocarbonyl (C=S) groups is 1. The monoisotopic (exact) mass is 397 g/mol. The molecule has 0 unspecified atom stereocenters. The van der Waals surface area contributed by atoms with Crippen molar-refractivity contribution in [3.8, 4) is 0 Å². The lowest BCUT2D eigenvalue weighted by atomic mass is 9.95. The minimum atomic E-state index is -0.305. The van der Waals surface area contributed by atoms with Crippen molar-refractivity contribution in [2.75, 3.05) is 10.6 Å². The molecule has 3 aromatic rings. The highest BCUT2D eigenvalue weighted by Crippen LogP contribution is 2.20. The van der Waals surface area contributed by atoms with Crippen molar-refractivity contribution in [2.24, 2.45) is 0 Å². The van der Waals surface area contributed by atoms with Crippen LogP contribution in [0.1, 0.15) is 29.9 Å². The third-order valence-electron chi connectivity index (χ3n) is 3.91. The quantitative estimate of drug-likeness (QED) is 0.565. The highest BCUT2D eigenvalue weighted by atomic mass is 32.1. The number of carbonyl (C=O) groups is 1. The molecule has 0 bridgehead atoms. The minimum Gasteiger partial charge on any atom is -0.353 e. The van der Waals surface area contributed by atoms with Gasteiger partial charge in [0.05, 0.1) is 5.54 Å². The summed E-state index contributed by atoms with van der Waals surface area (Å²) < 4.78 is 3.68. The van der Waals surface area contributed by atoms with Crippen LogP contribution in [0.5, 0.6) is 0 Å². The molecule has 3 N–H and O–H groups in total. The summed E-state index contributed by atoms with van der Waals surface area (Å²) in [6.45, 7) is 4.14. The molecular weight excluding hydrogens is 378 g/mol. The largest absolute Gasteiger partial charge is 0.353 e. The van der Waals surface area contributed by atoms with Gasteiger partial charge in [-0.15, -0.1) is 5.10 Å². The zero-order chi connectivity index (χ0) is 19.3. The average Bonchev–Trinajstić information content (AvgIpc) is 3.18. The van der Waals surface area contributed by atoms with Crippen molar-refractivity contribution in [2.45, 2.75) is 19.4 Å². The van der Waals surface area contributed by atoms with Crippen molar-refractivity contribution in [3.05, 3.63) is 71.2 Å². The second-order valence-electron chi connectivity index (χ2n) is 6.39. The standard InChI is InChI=1S/C19H19N5OS2/c1-19(2,13-6-4-3-5-7-13)22-18(26)21-15-10-8-14(9-11-15)20-17(25)16-12-27-24-23-16/h3-12H,1-2H3,(H,20,25)(H2,21,22,26). The number of benzene rings is 2. The fourth-order valence-corrected chi connectivity index (χ4v) is 3.28. The molecule has 27 heavy (non-hydrogen) atoms. The first-order valence-electron chi connectivity index (χ1n) is 8.27. The van der Waals surface area contributed by atoms with Crippen LogP contribution in [0.2, 0.25) is 0 Å². The van der Waals surface area contributed by atoms with Crippen LogP contribution < -0.4 is 16.0 Å². The predicted octanol–water partition coefficient (Wildman–Crippen LogP) is 4.01. The first kappa shape index (κ1) is 18.9. The Morgan fingerprint density at radius 2 is 1.63 bits per heavy atom. The summed E-state index contributed by atoms with van der Waals surface area (Å²) >= 11 is 6.57. The molecule has 0 saturated carbocycles. The van der Waals surface area contributed by atoms with Gasteiger partial charge in [-0.25, -0.2) is 0 Å². The third kappa shape index (κ3) is 5.08. The summed E-state index contributed by atoms with van der Waals surface area (Å²) in [4.78, 5) is 12.0. The number of amides is 1. The number of anilines is 2. The molecule has 0 fully saturated rings. The first-order chi connectivity index (χ1) is 12.9. The van der Waals surface area contributed by atoms with Crippen molar-refractivity contribution >= 4 is 46.1 Å². The Kier molecular flexibility index (Phi) is 5.78. The molecular formula is C19H19N5OS2. The molecule has 1 amide bonds. The van der Waals surface area contributed by atoms with Crippen molar-refractivity contribution in [3.63, 3.8) is 0 Å². The Morgan fingerprint density at radius 1 is 1.00 bits per heavy atom. The second-order valence-corrected chi connectivity index (χ2v) is 7.41. The van der Waals surface area contributed by atoms with Crippen molar-refractivity contribution in [1.29, 1.82) is 0 Å². The summed E-state index contributed by atoms with van der Waals surface area (Å²) in [6, 6.07) is 17.4. The van der Waals surface area contributed by atoms with Gasteiger partial charge < -0.3 is 16.0 Å². The zero-order valence-corrected chi connectivity index (χ0v) is 16.5. The lowest BCUT2D eigenvalue weighted by Gasteiger charge is -2.28. The SMILES string of the molecule is CC(C)(NC(=S)Nc1ccc(NC(=O)c2csnn2)cc1)c1ccccc1. The predicted molar refractivity (Wildman–Crippen MR) is 113 cm³/mol. The zero-order valence-electron chi connectivity index (χ0n) is 14.9. The molecule has 0 atom stereocenters. The van der Waals surface area contributed by atoms with Gasteiger partial charge in [0.2, 0.25) is 0 Å². The molecule has 0 spiro atoms. The third-order valence-corrected chi connectivity index (χ3v) is 4.62. The van der Waals surface area contributed by atoms with Crippen LogP contribution in [0.15, 0.2) is 60.0 Å². The van der Waals surface area contributed by atoms with Gasteiger partial charge in [-0.05, 0) is 67.4 Å². The van der Waals surface area contributed by atoms with Gasteiger partial charge in [0.1, 0.15) is 0 Å². The van der Waals surface area contributed by atoms with Crippen LogP contribution in [0.25, 0.3) is 0 Å². The van der Waals surface area contributed by atoms with E-state index in [0.717, 1.165) is 22.8 Å². The highest BCUT2D eigenvalue weighted by molar-refractivity contribution is 7.80. The van der Waals surface area contributed by atoms with E-state index in [2.05, 4.69) is 51.5 Å². The Hall–Kier alpha value is -2.84. The fourth-order valence-electron chi connectivity index (χ4n) is 2.47. The number of nitrogens with zero attached hydrogens (tertiary/aromatic N) is 2. The Morgan fingerprint density at radius 3 is 2.22 bits per heavy atom. The molecule has 3 rings (SSSR count). The lowest BCUT2D eigenvalue weighted by Crippen LogP contribution is -2.43. The van der Waals surface area contributed by atoms with E-state index >= 15 is 0 Å². The summed E-state index contributed by atoms with van der Waals surface area (Å²) in [5, 5.41) is 15.1. The van der Waals surface area contributed by atoms with Crippen LogP contribution in [0, 0.1) is 0 Å². The van der Waals surface area contributed by atoms with E-state index in [1.54, 1.807) is 17.5 Å². The number of carbonyl (C=O) groups excluding carboxylic acids is 1. The Balaban J connectivity index is 1.58. The normalized spacial score (nSPS) is 10.9. The van der Waals surface area contributed by atoms with Gasteiger partial charge in [0, 0.05) is 16.8 Å². The van der Waals surface area contributed by atoms with E-state index in [1.165, 1.54) is 0 Å². The Bertz CT molecular complexity index is 909. The van der Waals surface area contributed by atoms with Crippen LogP contribution in [-0.4, -0.2) is 20.6 Å². The molecule has 0 aliphatic heterocycles. The van der Waals surface area contributed by atoms with Crippen LogP contribution in [-0.2, 0) is 5.54 Å². The molecule has 8 heteroatoms. The maximum Gasteiger partial charge on any atom is 0.277 e. The number of aromatic nitrogens is 2. The molecule has 0 radical (unpaired) electrons. The van der Waals surface area contributed by atoms with Gasteiger partial charge in [-0.1, -0.05) is 34.8 Å². The van der Waals surface area contributed by atoms with Gasteiger partial charge in [-0.3, -0.25) is 4.79 Å². The fraction of sp³-hybridized carbons (Fsp3) is 0.158. The van der Waals surface area contributed by atoms with E-state index in [4.69, 9.17) is 12.2 Å². The second kappa shape index (κ2) is 8.24. The molecule has 1 aromatic heterocycles. The number of hydrogen-bond donors (Lipinski definition) is 3. The molecule has 138 valence electrons. The van der Waals surface area contributed by atoms with Gasteiger partial charge in [0.25, 0.3) is 5.91 Å². The van der Waals surface area contributed by atoms with E-state index in [9.17, 15) is 4.79 Å². The molecule has 0 aliphatic carbocycles. The van der Waals surface area contributed by atoms with E-state index < -0.39 is 0 Å². The molecule has 1 heterocycles. The topological polar surface area (TPSA) is 78.9 Å². The summed E-state index contributed by atoms with van der Waals surface area (Å²) in [7, 11) is 0. The lowest BCUT2D eigenvalue weighted by molar-refractivity contribution is 0.102. The highest BCUT2D eigenvalue weighted by Gasteiger charge is 2.20. The van der Waals surface area contributed by atoms with E-state index in [0.29, 0.717) is 16.5 Å². The van der Waals surface area contributed by atoms with Gasteiger partial charge >= 0.3 is 0 Å². The molecule has 6 nitrogen and oxygen atoms in total. The van der Waals surface area contributed by atoms with Crippen molar-refractivity contribution in [1.82, 2.24) is 14.9 Å². The van der Waals surface area contributed by atoms with Crippen LogP contribution in [0.3, 0.4) is 0 Å². The summed E-state index contributed by atoms with van der Waals surface area (Å²) in [5.41, 5.74) is 2.63.